The van der Waals surface area contributed by atoms with Gasteiger partial charge in [0.05, 0.1) is 21.3 Å². The van der Waals surface area contributed by atoms with Gasteiger partial charge in [0, 0.05) is 18.7 Å². The van der Waals surface area contributed by atoms with Crippen molar-refractivity contribution >= 4 is 37.1 Å². The van der Waals surface area contributed by atoms with E-state index in [9.17, 15) is 26.9 Å². The Morgan fingerprint density at radius 3 is 2.57 bits per heavy atom. The number of benzene rings is 1. The minimum atomic E-state index is -4.05. The summed E-state index contributed by atoms with van der Waals surface area (Å²) < 4.78 is 49.7. The molecule has 11 heteroatoms. The standard InChI is InChI=1S/C12H15ClN2O6S2/c1-2-14(9-5-6-22(18,19)8-9)23(20,21)10-3-4-11(13)12(7-10)15(16)17/h3-4,7,9H,2,5-6,8H2,1H3/t9-/m0/s1. The Balaban J connectivity index is 2.44. The number of nitro benzene ring substituents is 1. The maximum Gasteiger partial charge on any atom is 0.289 e. The van der Waals surface area contributed by atoms with Crippen molar-refractivity contribution in [3.05, 3.63) is 33.3 Å². The quantitative estimate of drug-likeness (QED) is 0.562. The third-order valence-corrected chi connectivity index (χ3v) is 7.74. The van der Waals surface area contributed by atoms with Crippen molar-refractivity contribution in [1.29, 1.82) is 0 Å². The second kappa shape index (κ2) is 6.34. The van der Waals surface area contributed by atoms with E-state index >= 15 is 0 Å². The van der Waals surface area contributed by atoms with Gasteiger partial charge in [0.25, 0.3) is 5.69 Å². The Hall–Kier alpha value is -1.23. The van der Waals surface area contributed by atoms with E-state index in [0.29, 0.717) is 0 Å². The molecule has 1 aliphatic rings. The Morgan fingerprint density at radius 2 is 2.09 bits per heavy atom. The van der Waals surface area contributed by atoms with Gasteiger partial charge in [0.15, 0.2) is 9.84 Å². The van der Waals surface area contributed by atoms with Crippen LogP contribution in [0.25, 0.3) is 0 Å². The van der Waals surface area contributed by atoms with Crippen LogP contribution in [0.1, 0.15) is 13.3 Å². The highest BCUT2D eigenvalue weighted by molar-refractivity contribution is 7.92. The summed E-state index contributed by atoms with van der Waals surface area (Å²) in [7, 11) is -7.31. The molecule has 1 aromatic rings. The SMILES string of the molecule is CCN([C@H]1CCS(=O)(=O)C1)S(=O)(=O)c1ccc(Cl)c([N+](=O)[O-])c1. The molecule has 1 saturated heterocycles. The van der Waals surface area contributed by atoms with Gasteiger partial charge in [0.2, 0.25) is 10.0 Å². The lowest BCUT2D eigenvalue weighted by atomic mass is 10.3. The molecule has 0 saturated carbocycles. The zero-order valence-electron chi connectivity index (χ0n) is 12.2. The van der Waals surface area contributed by atoms with E-state index in [1.807, 2.05) is 0 Å². The molecule has 1 aromatic carbocycles. The average molecular weight is 383 g/mol. The fourth-order valence-electron chi connectivity index (χ4n) is 2.56. The molecule has 128 valence electrons. The second-order valence-electron chi connectivity index (χ2n) is 5.14. The van der Waals surface area contributed by atoms with Crippen LogP contribution >= 0.6 is 11.6 Å². The molecule has 2 rings (SSSR count). The van der Waals surface area contributed by atoms with Crippen LogP contribution in [0, 0.1) is 10.1 Å². The summed E-state index contributed by atoms with van der Waals surface area (Å²) in [6.07, 6.45) is 0.213. The van der Waals surface area contributed by atoms with E-state index in [4.69, 9.17) is 11.6 Å². The van der Waals surface area contributed by atoms with Crippen LogP contribution in [0.2, 0.25) is 5.02 Å². The van der Waals surface area contributed by atoms with E-state index in [2.05, 4.69) is 0 Å². The maximum absolute atomic E-state index is 12.7. The lowest BCUT2D eigenvalue weighted by Gasteiger charge is -2.25. The molecule has 0 bridgehead atoms. The predicted molar refractivity (Wildman–Crippen MR) is 84.7 cm³/mol. The summed E-state index contributed by atoms with van der Waals surface area (Å²) in [5.74, 6) is -0.305. The largest absolute Gasteiger partial charge is 0.289 e. The first kappa shape index (κ1) is 18.1. The van der Waals surface area contributed by atoms with Crippen LogP contribution in [0.5, 0.6) is 0 Å². The van der Waals surface area contributed by atoms with Gasteiger partial charge in [-0.1, -0.05) is 18.5 Å². The minimum Gasteiger partial charge on any atom is -0.258 e. The van der Waals surface area contributed by atoms with Crippen LogP contribution in [-0.4, -0.2) is 50.2 Å². The normalized spacial score (nSPS) is 20.7. The Kier molecular flexibility index (Phi) is 5.00. The number of halogens is 1. The number of nitrogens with zero attached hydrogens (tertiary/aromatic N) is 2. The van der Waals surface area contributed by atoms with Crippen LogP contribution in [-0.2, 0) is 19.9 Å². The summed E-state index contributed by atoms with van der Waals surface area (Å²) in [4.78, 5) is 9.87. The van der Waals surface area contributed by atoms with Crippen LogP contribution < -0.4 is 0 Å². The fourth-order valence-corrected chi connectivity index (χ4v) is 6.25. The highest BCUT2D eigenvalue weighted by Gasteiger charge is 2.38. The van der Waals surface area contributed by atoms with E-state index in [1.165, 1.54) is 6.07 Å². The zero-order valence-corrected chi connectivity index (χ0v) is 14.6. The Bertz CT molecular complexity index is 837. The molecule has 0 unspecified atom stereocenters. The van der Waals surface area contributed by atoms with Crippen molar-refractivity contribution in [3.8, 4) is 0 Å². The molecule has 0 aliphatic carbocycles. The van der Waals surface area contributed by atoms with Gasteiger partial charge in [0.1, 0.15) is 5.02 Å². The van der Waals surface area contributed by atoms with Crippen LogP contribution in [0.15, 0.2) is 23.1 Å². The number of hydrogen-bond acceptors (Lipinski definition) is 6. The first-order chi connectivity index (χ1) is 10.6. The minimum absolute atomic E-state index is 0.0650. The van der Waals surface area contributed by atoms with Gasteiger partial charge >= 0.3 is 0 Å². The molecule has 8 nitrogen and oxygen atoms in total. The number of nitro groups is 1. The van der Waals surface area contributed by atoms with Crippen molar-refractivity contribution in [2.24, 2.45) is 0 Å². The summed E-state index contributed by atoms with van der Waals surface area (Å²) in [5.41, 5.74) is -0.511. The molecule has 1 fully saturated rings. The van der Waals surface area contributed by atoms with Crippen LogP contribution in [0.3, 0.4) is 0 Å². The molecular weight excluding hydrogens is 368 g/mol. The van der Waals surface area contributed by atoms with E-state index in [0.717, 1.165) is 16.4 Å². The third kappa shape index (κ3) is 3.65. The highest BCUT2D eigenvalue weighted by atomic mass is 35.5. The topological polar surface area (TPSA) is 115 Å². The first-order valence-electron chi connectivity index (χ1n) is 6.74. The molecule has 1 atom stereocenters. The van der Waals surface area contributed by atoms with Crippen LogP contribution in [0.4, 0.5) is 5.69 Å². The van der Waals surface area contributed by atoms with Gasteiger partial charge in [-0.25, -0.2) is 16.8 Å². The van der Waals surface area contributed by atoms with Gasteiger partial charge in [-0.2, -0.15) is 4.31 Å². The molecule has 1 aliphatic heterocycles. The Labute approximate surface area is 139 Å². The van der Waals surface area contributed by atoms with Crippen molar-refractivity contribution in [2.45, 2.75) is 24.3 Å². The number of hydrogen-bond donors (Lipinski definition) is 0. The summed E-state index contributed by atoms with van der Waals surface area (Å²) in [6.45, 7) is 1.66. The van der Waals surface area contributed by atoms with Gasteiger partial charge in [-0.15, -0.1) is 0 Å². The van der Waals surface area contributed by atoms with Gasteiger partial charge in [-0.3, -0.25) is 10.1 Å². The number of rotatable bonds is 5. The molecule has 0 amide bonds. The highest BCUT2D eigenvalue weighted by Crippen LogP contribution is 2.30. The maximum atomic E-state index is 12.7. The molecule has 1 heterocycles. The van der Waals surface area contributed by atoms with Crippen molar-refractivity contribution < 1.29 is 21.8 Å². The molecule has 0 N–H and O–H groups in total. The molecular formula is C12H15ClN2O6S2. The molecule has 23 heavy (non-hydrogen) atoms. The second-order valence-corrected chi connectivity index (χ2v) is 9.66. The van der Waals surface area contributed by atoms with Crippen molar-refractivity contribution in [3.63, 3.8) is 0 Å². The van der Waals surface area contributed by atoms with Gasteiger partial charge in [-0.05, 0) is 18.6 Å². The lowest BCUT2D eigenvalue weighted by molar-refractivity contribution is -0.384. The van der Waals surface area contributed by atoms with E-state index < -0.39 is 36.5 Å². The smallest absolute Gasteiger partial charge is 0.258 e. The fraction of sp³-hybridized carbons (Fsp3) is 0.500. The van der Waals surface area contributed by atoms with E-state index in [-0.39, 0.29) is 34.4 Å². The molecule has 0 radical (unpaired) electrons. The molecule has 0 aromatic heterocycles. The monoisotopic (exact) mass is 382 g/mol. The number of sulfone groups is 1. The predicted octanol–water partition coefficient (Wildman–Crippen LogP) is 1.45. The van der Waals surface area contributed by atoms with E-state index in [1.54, 1.807) is 6.92 Å². The Morgan fingerprint density at radius 1 is 1.43 bits per heavy atom. The van der Waals surface area contributed by atoms with Gasteiger partial charge < -0.3 is 0 Å². The zero-order chi connectivity index (χ0) is 17.4. The lowest BCUT2D eigenvalue weighted by Crippen LogP contribution is -2.40. The van der Waals surface area contributed by atoms with Crippen molar-refractivity contribution in [2.75, 3.05) is 18.1 Å². The summed E-state index contributed by atoms with van der Waals surface area (Å²) >= 11 is 5.69. The summed E-state index contributed by atoms with van der Waals surface area (Å²) in [6, 6.07) is 2.55. The van der Waals surface area contributed by atoms with Crippen molar-refractivity contribution in [1.82, 2.24) is 4.31 Å². The summed E-state index contributed by atoms with van der Waals surface area (Å²) in [5, 5.41) is 10.7. The molecule has 0 spiro atoms. The average Bonchev–Trinajstić information content (AvgIpc) is 2.79. The third-order valence-electron chi connectivity index (χ3n) is 3.65. The number of sulfonamides is 1. The first-order valence-corrected chi connectivity index (χ1v) is 10.4.